The first-order valence-electron chi connectivity index (χ1n) is 6.48. The molecule has 1 rings (SSSR count). The van der Waals surface area contributed by atoms with Gasteiger partial charge in [-0.3, -0.25) is 4.79 Å². The highest BCUT2D eigenvalue weighted by Gasteiger charge is 2.23. The molecule has 0 bridgehead atoms. The molecule has 0 saturated carbocycles. The summed E-state index contributed by atoms with van der Waals surface area (Å²) in [6, 6.07) is 0. The number of hydrogen-bond donors (Lipinski definition) is 2. The van der Waals surface area contributed by atoms with Crippen molar-refractivity contribution in [2.24, 2.45) is 5.73 Å². The number of ether oxygens (including phenoxy) is 1. The van der Waals surface area contributed by atoms with Gasteiger partial charge >= 0.3 is 0 Å². The third kappa shape index (κ3) is 3.76. The van der Waals surface area contributed by atoms with Crippen molar-refractivity contribution in [3.63, 3.8) is 0 Å². The van der Waals surface area contributed by atoms with E-state index in [0.717, 1.165) is 24.4 Å². The first-order chi connectivity index (χ1) is 8.88. The molecule has 1 aromatic heterocycles. The van der Waals surface area contributed by atoms with Crippen molar-refractivity contribution >= 4 is 27.9 Å². The normalized spacial score (nSPS) is 10.8. The van der Waals surface area contributed by atoms with Gasteiger partial charge in [0.15, 0.2) is 5.75 Å². The summed E-state index contributed by atoms with van der Waals surface area (Å²) in [5.74, 6) is 0.0682. The van der Waals surface area contributed by atoms with Crippen LogP contribution in [0.4, 0.5) is 10.7 Å². The molecule has 0 saturated heterocycles. The number of nitrogens with zero attached hydrogens (tertiary/aromatic N) is 1. The number of nitrogen functional groups attached to an aromatic ring is 1. The van der Waals surface area contributed by atoms with Crippen LogP contribution in [0.25, 0.3) is 0 Å². The number of thiophene rings is 1. The largest absolute Gasteiger partial charge is 0.486 e. The third-order valence-corrected chi connectivity index (χ3v) is 3.97. The molecule has 0 atom stereocenters. The Morgan fingerprint density at radius 3 is 2.58 bits per heavy atom. The Labute approximate surface area is 118 Å². The highest BCUT2D eigenvalue weighted by Crippen LogP contribution is 2.44. The second-order valence-corrected chi connectivity index (χ2v) is 5.78. The fourth-order valence-corrected chi connectivity index (χ4v) is 2.69. The number of unbranched alkanes of at least 4 members (excludes halogenated alkanes) is 1. The zero-order valence-electron chi connectivity index (χ0n) is 12.0. The molecule has 19 heavy (non-hydrogen) atoms. The molecule has 1 aromatic rings. The van der Waals surface area contributed by atoms with Gasteiger partial charge in [-0.15, -0.1) is 11.3 Å². The molecule has 1 heterocycles. The summed E-state index contributed by atoms with van der Waals surface area (Å²) >= 11 is 1.30. The summed E-state index contributed by atoms with van der Waals surface area (Å²) in [5.41, 5.74) is 11.7. The Kier molecular flexibility index (Phi) is 5.47. The lowest BCUT2D eigenvalue weighted by molar-refractivity contribution is 0.100. The molecule has 0 aliphatic carbocycles. The Balaban J connectivity index is 3.12. The summed E-state index contributed by atoms with van der Waals surface area (Å²) in [4.78, 5) is 13.8. The first kappa shape index (κ1) is 15.6. The maximum Gasteiger partial charge on any atom is 0.261 e. The Hall–Kier alpha value is -1.43. The van der Waals surface area contributed by atoms with Crippen molar-refractivity contribution < 1.29 is 9.53 Å². The highest BCUT2D eigenvalue weighted by atomic mass is 32.1. The van der Waals surface area contributed by atoms with Gasteiger partial charge in [0.25, 0.3) is 5.91 Å². The standard InChI is InChI=1S/C13H23N3O2S/c1-5-6-7-16(4)13-10(18-8(2)3)9(14)11(19-13)12(15)17/h8H,5-7,14H2,1-4H3,(H2,15,17). The molecular weight excluding hydrogens is 262 g/mol. The van der Waals surface area contributed by atoms with E-state index in [1.54, 1.807) is 0 Å². The van der Waals surface area contributed by atoms with Crippen LogP contribution in [0.5, 0.6) is 5.75 Å². The lowest BCUT2D eigenvalue weighted by atomic mass is 10.3. The van der Waals surface area contributed by atoms with Gasteiger partial charge in [0.1, 0.15) is 15.6 Å². The summed E-state index contributed by atoms with van der Waals surface area (Å²) in [6.07, 6.45) is 2.17. The average Bonchev–Trinajstić information content (AvgIpc) is 2.64. The second kappa shape index (κ2) is 6.65. The molecule has 0 radical (unpaired) electrons. The number of amides is 1. The third-order valence-electron chi connectivity index (χ3n) is 2.65. The molecule has 4 N–H and O–H groups in total. The predicted molar refractivity (Wildman–Crippen MR) is 81.2 cm³/mol. The zero-order chi connectivity index (χ0) is 14.6. The van der Waals surface area contributed by atoms with Crippen molar-refractivity contribution in [2.45, 2.75) is 39.7 Å². The van der Waals surface area contributed by atoms with Crippen LogP contribution < -0.4 is 21.1 Å². The van der Waals surface area contributed by atoms with Gasteiger partial charge in [0.05, 0.1) is 6.10 Å². The van der Waals surface area contributed by atoms with Gasteiger partial charge in [-0.25, -0.2) is 0 Å². The molecule has 0 aliphatic heterocycles. The van der Waals surface area contributed by atoms with Crippen LogP contribution >= 0.6 is 11.3 Å². The lowest BCUT2D eigenvalue weighted by Crippen LogP contribution is -2.19. The molecule has 5 nitrogen and oxygen atoms in total. The predicted octanol–water partition coefficient (Wildman–Crippen LogP) is 2.45. The minimum atomic E-state index is -0.508. The van der Waals surface area contributed by atoms with E-state index in [0.29, 0.717) is 16.3 Å². The number of nitrogens with two attached hydrogens (primary N) is 2. The van der Waals surface area contributed by atoms with Crippen LogP contribution in [-0.4, -0.2) is 25.6 Å². The zero-order valence-corrected chi connectivity index (χ0v) is 12.8. The van der Waals surface area contributed by atoms with Crippen LogP contribution in [0.1, 0.15) is 43.3 Å². The fraction of sp³-hybridized carbons (Fsp3) is 0.615. The lowest BCUT2D eigenvalue weighted by Gasteiger charge is -2.20. The summed E-state index contributed by atoms with van der Waals surface area (Å²) in [7, 11) is 1.97. The molecular formula is C13H23N3O2S. The number of carbonyl (C=O) groups is 1. The fourth-order valence-electron chi connectivity index (χ4n) is 1.70. The molecule has 0 aromatic carbocycles. The molecule has 0 fully saturated rings. The summed E-state index contributed by atoms with van der Waals surface area (Å²) in [5, 5.41) is 0.869. The van der Waals surface area contributed by atoms with Crippen molar-refractivity contribution in [1.29, 1.82) is 0 Å². The van der Waals surface area contributed by atoms with E-state index in [1.165, 1.54) is 11.3 Å². The van der Waals surface area contributed by atoms with E-state index in [-0.39, 0.29) is 6.10 Å². The Morgan fingerprint density at radius 1 is 1.47 bits per heavy atom. The minimum Gasteiger partial charge on any atom is -0.486 e. The van der Waals surface area contributed by atoms with E-state index < -0.39 is 5.91 Å². The average molecular weight is 285 g/mol. The molecule has 0 aliphatic rings. The minimum absolute atomic E-state index is 0.00375. The molecule has 1 amide bonds. The van der Waals surface area contributed by atoms with Crippen molar-refractivity contribution in [3.8, 4) is 5.75 Å². The number of primary amides is 1. The molecule has 6 heteroatoms. The number of hydrogen-bond acceptors (Lipinski definition) is 5. The van der Waals surface area contributed by atoms with Crippen LogP contribution in [0, 0.1) is 0 Å². The maximum absolute atomic E-state index is 11.4. The van der Waals surface area contributed by atoms with Gasteiger partial charge in [-0.1, -0.05) is 13.3 Å². The Bertz CT molecular complexity index is 443. The van der Waals surface area contributed by atoms with Crippen molar-refractivity contribution in [3.05, 3.63) is 4.88 Å². The van der Waals surface area contributed by atoms with E-state index in [4.69, 9.17) is 16.2 Å². The van der Waals surface area contributed by atoms with Gasteiger partial charge in [0, 0.05) is 13.6 Å². The Morgan fingerprint density at radius 2 is 2.11 bits per heavy atom. The van der Waals surface area contributed by atoms with Crippen LogP contribution in [0.15, 0.2) is 0 Å². The monoisotopic (exact) mass is 285 g/mol. The SMILES string of the molecule is CCCCN(C)c1sc(C(N)=O)c(N)c1OC(C)C. The van der Waals surface area contributed by atoms with E-state index >= 15 is 0 Å². The molecule has 0 unspecified atom stereocenters. The maximum atomic E-state index is 11.4. The number of anilines is 2. The van der Waals surface area contributed by atoms with Crippen molar-refractivity contribution in [2.75, 3.05) is 24.2 Å². The smallest absolute Gasteiger partial charge is 0.261 e. The van der Waals surface area contributed by atoms with E-state index in [9.17, 15) is 4.79 Å². The van der Waals surface area contributed by atoms with E-state index in [2.05, 4.69) is 11.8 Å². The van der Waals surface area contributed by atoms with Gasteiger partial charge in [-0.2, -0.15) is 0 Å². The topological polar surface area (TPSA) is 81.6 Å². The highest BCUT2D eigenvalue weighted by molar-refractivity contribution is 7.19. The van der Waals surface area contributed by atoms with Crippen LogP contribution in [0.3, 0.4) is 0 Å². The van der Waals surface area contributed by atoms with Crippen molar-refractivity contribution in [1.82, 2.24) is 0 Å². The van der Waals surface area contributed by atoms with Gasteiger partial charge in [-0.05, 0) is 20.3 Å². The number of carbonyl (C=O) groups excluding carboxylic acids is 1. The van der Waals surface area contributed by atoms with Crippen LogP contribution in [0.2, 0.25) is 0 Å². The summed E-state index contributed by atoms with van der Waals surface area (Å²) < 4.78 is 5.74. The second-order valence-electron chi connectivity index (χ2n) is 4.79. The first-order valence-corrected chi connectivity index (χ1v) is 7.29. The van der Waals surface area contributed by atoms with Crippen LogP contribution in [-0.2, 0) is 0 Å². The summed E-state index contributed by atoms with van der Waals surface area (Å²) in [6.45, 7) is 6.88. The number of rotatable bonds is 7. The molecule has 0 spiro atoms. The quantitative estimate of drug-likeness (QED) is 0.806. The molecule has 108 valence electrons. The van der Waals surface area contributed by atoms with E-state index in [1.807, 2.05) is 20.9 Å². The van der Waals surface area contributed by atoms with Gasteiger partial charge in [0.2, 0.25) is 0 Å². The van der Waals surface area contributed by atoms with Gasteiger partial charge < -0.3 is 21.1 Å².